The molecular weight excluding hydrogens is 274 g/mol. The van der Waals surface area contributed by atoms with E-state index >= 15 is 0 Å². The molecule has 0 aromatic heterocycles. The Morgan fingerprint density at radius 2 is 1.95 bits per heavy atom. The van der Waals surface area contributed by atoms with Gasteiger partial charge in [-0.15, -0.1) is 0 Å². The molecular formula is C16H24F2N2O. The number of hydrogen-bond donors (Lipinski definition) is 1. The number of rotatable bonds is 6. The molecule has 1 amide bonds. The summed E-state index contributed by atoms with van der Waals surface area (Å²) in [5.74, 6) is -1.82. The molecule has 118 valence electrons. The van der Waals surface area contributed by atoms with Crippen LogP contribution in [0.3, 0.4) is 0 Å². The van der Waals surface area contributed by atoms with Crippen molar-refractivity contribution >= 4 is 5.91 Å². The fourth-order valence-corrected chi connectivity index (χ4v) is 1.90. The molecule has 1 atom stereocenters. The Balaban J connectivity index is 2.68. The second-order valence-corrected chi connectivity index (χ2v) is 6.05. The van der Waals surface area contributed by atoms with Gasteiger partial charge in [0, 0.05) is 11.6 Å². The SMILES string of the molecule is CCC(C)(C)NC(=O)CN(C)C(C)c1ccc(F)c(F)c1. The minimum Gasteiger partial charge on any atom is -0.350 e. The van der Waals surface area contributed by atoms with Crippen LogP contribution in [0.5, 0.6) is 0 Å². The van der Waals surface area contributed by atoms with Crippen LogP contribution in [-0.2, 0) is 4.79 Å². The van der Waals surface area contributed by atoms with Gasteiger partial charge >= 0.3 is 0 Å². The molecule has 0 spiro atoms. The van der Waals surface area contributed by atoms with Crippen molar-refractivity contribution in [2.75, 3.05) is 13.6 Å². The number of carbonyl (C=O) groups is 1. The number of carbonyl (C=O) groups excluding carboxylic acids is 1. The highest BCUT2D eigenvalue weighted by atomic mass is 19.2. The lowest BCUT2D eigenvalue weighted by Gasteiger charge is -2.28. The first kappa shape index (κ1) is 17.6. The number of benzene rings is 1. The van der Waals surface area contributed by atoms with Gasteiger partial charge in [-0.05, 0) is 51.9 Å². The lowest BCUT2D eigenvalue weighted by atomic mass is 10.0. The van der Waals surface area contributed by atoms with Crippen molar-refractivity contribution in [2.45, 2.75) is 45.7 Å². The average Bonchev–Trinajstić information content (AvgIpc) is 2.40. The van der Waals surface area contributed by atoms with Gasteiger partial charge in [-0.1, -0.05) is 13.0 Å². The third kappa shape index (κ3) is 5.08. The monoisotopic (exact) mass is 298 g/mol. The molecule has 1 aromatic carbocycles. The second kappa shape index (κ2) is 6.98. The minimum atomic E-state index is -0.871. The van der Waals surface area contributed by atoms with Gasteiger partial charge < -0.3 is 5.32 Å². The topological polar surface area (TPSA) is 32.3 Å². The van der Waals surface area contributed by atoms with Crippen LogP contribution < -0.4 is 5.32 Å². The van der Waals surface area contributed by atoms with Gasteiger partial charge in [0.05, 0.1) is 6.54 Å². The number of likely N-dealkylation sites (N-methyl/N-ethyl adjacent to an activating group) is 1. The third-order valence-corrected chi connectivity index (χ3v) is 3.84. The Kier molecular flexibility index (Phi) is 5.84. The van der Waals surface area contributed by atoms with E-state index in [1.54, 1.807) is 11.9 Å². The highest BCUT2D eigenvalue weighted by Crippen LogP contribution is 2.20. The molecule has 0 saturated heterocycles. The Morgan fingerprint density at radius 1 is 1.33 bits per heavy atom. The van der Waals surface area contributed by atoms with Crippen LogP contribution in [0.4, 0.5) is 8.78 Å². The molecule has 0 bridgehead atoms. The van der Waals surface area contributed by atoms with Crippen molar-refractivity contribution in [1.82, 2.24) is 10.2 Å². The molecule has 0 heterocycles. The normalized spacial score (nSPS) is 13.3. The lowest BCUT2D eigenvalue weighted by molar-refractivity contribution is -0.124. The van der Waals surface area contributed by atoms with Crippen LogP contribution >= 0.6 is 0 Å². The summed E-state index contributed by atoms with van der Waals surface area (Å²) in [7, 11) is 1.78. The number of hydrogen-bond acceptors (Lipinski definition) is 2. The predicted octanol–water partition coefficient (Wildman–Crippen LogP) is 3.26. The van der Waals surface area contributed by atoms with Crippen molar-refractivity contribution in [2.24, 2.45) is 0 Å². The van der Waals surface area contributed by atoms with E-state index in [1.165, 1.54) is 12.1 Å². The van der Waals surface area contributed by atoms with E-state index in [-0.39, 0.29) is 24.0 Å². The van der Waals surface area contributed by atoms with Crippen LogP contribution in [0.1, 0.15) is 45.7 Å². The molecule has 0 aliphatic carbocycles. The van der Waals surface area contributed by atoms with Crippen LogP contribution in [0.15, 0.2) is 18.2 Å². The molecule has 0 aliphatic heterocycles. The van der Waals surface area contributed by atoms with E-state index in [2.05, 4.69) is 5.32 Å². The summed E-state index contributed by atoms with van der Waals surface area (Å²) in [6.45, 7) is 7.98. The number of halogens is 2. The molecule has 21 heavy (non-hydrogen) atoms. The van der Waals surface area contributed by atoms with Crippen molar-refractivity contribution < 1.29 is 13.6 Å². The predicted molar refractivity (Wildman–Crippen MR) is 79.9 cm³/mol. The molecule has 0 aliphatic rings. The highest BCUT2D eigenvalue weighted by Gasteiger charge is 2.21. The Hall–Kier alpha value is -1.49. The van der Waals surface area contributed by atoms with Crippen molar-refractivity contribution in [3.8, 4) is 0 Å². The summed E-state index contributed by atoms with van der Waals surface area (Å²) < 4.78 is 26.2. The molecule has 1 rings (SSSR count). The summed E-state index contributed by atoms with van der Waals surface area (Å²) in [6.07, 6.45) is 0.835. The van der Waals surface area contributed by atoms with Gasteiger partial charge in [-0.2, -0.15) is 0 Å². The van der Waals surface area contributed by atoms with Crippen molar-refractivity contribution in [3.63, 3.8) is 0 Å². The fraction of sp³-hybridized carbons (Fsp3) is 0.562. The summed E-state index contributed by atoms with van der Waals surface area (Å²) in [4.78, 5) is 13.8. The Bertz CT molecular complexity index is 503. The van der Waals surface area contributed by atoms with Gasteiger partial charge in [-0.3, -0.25) is 9.69 Å². The number of nitrogens with one attached hydrogen (secondary N) is 1. The summed E-state index contributed by atoms with van der Waals surface area (Å²) >= 11 is 0. The van der Waals surface area contributed by atoms with E-state index in [0.29, 0.717) is 5.56 Å². The fourth-order valence-electron chi connectivity index (χ4n) is 1.90. The zero-order valence-electron chi connectivity index (χ0n) is 13.3. The van der Waals surface area contributed by atoms with Gasteiger partial charge in [0.1, 0.15) is 0 Å². The quantitative estimate of drug-likeness (QED) is 0.874. The van der Waals surface area contributed by atoms with E-state index in [9.17, 15) is 13.6 Å². The first-order chi connectivity index (χ1) is 9.66. The molecule has 0 fully saturated rings. The van der Waals surface area contributed by atoms with E-state index in [4.69, 9.17) is 0 Å². The van der Waals surface area contributed by atoms with Crippen LogP contribution in [0, 0.1) is 11.6 Å². The molecule has 0 radical (unpaired) electrons. The van der Waals surface area contributed by atoms with E-state index in [0.717, 1.165) is 12.5 Å². The van der Waals surface area contributed by atoms with E-state index < -0.39 is 11.6 Å². The Labute approximate surface area is 125 Å². The van der Waals surface area contributed by atoms with Crippen molar-refractivity contribution in [3.05, 3.63) is 35.4 Å². The first-order valence-corrected chi connectivity index (χ1v) is 7.12. The van der Waals surface area contributed by atoms with Gasteiger partial charge in [-0.25, -0.2) is 8.78 Å². The van der Waals surface area contributed by atoms with Gasteiger partial charge in [0.25, 0.3) is 0 Å². The third-order valence-electron chi connectivity index (χ3n) is 3.84. The number of amides is 1. The summed E-state index contributed by atoms with van der Waals surface area (Å²) in [5.41, 5.74) is 0.391. The smallest absolute Gasteiger partial charge is 0.234 e. The maximum absolute atomic E-state index is 13.3. The van der Waals surface area contributed by atoms with Crippen molar-refractivity contribution in [1.29, 1.82) is 0 Å². The molecule has 1 aromatic rings. The lowest BCUT2D eigenvalue weighted by Crippen LogP contribution is -2.47. The summed E-state index contributed by atoms with van der Waals surface area (Å²) in [5, 5.41) is 2.95. The molecule has 0 saturated carbocycles. The molecule has 1 unspecified atom stereocenters. The highest BCUT2D eigenvalue weighted by molar-refractivity contribution is 5.78. The van der Waals surface area contributed by atoms with Gasteiger partial charge in [0.2, 0.25) is 5.91 Å². The van der Waals surface area contributed by atoms with Crippen LogP contribution in [0.25, 0.3) is 0 Å². The zero-order chi connectivity index (χ0) is 16.2. The molecule has 1 N–H and O–H groups in total. The van der Waals surface area contributed by atoms with E-state index in [1.807, 2.05) is 27.7 Å². The average molecular weight is 298 g/mol. The molecule has 3 nitrogen and oxygen atoms in total. The van der Waals surface area contributed by atoms with Crippen LogP contribution in [-0.4, -0.2) is 29.9 Å². The largest absolute Gasteiger partial charge is 0.350 e. The number of nitrogens with zero attached hydrogens (tertiary/aromatic N) is 1. The minimum absolute atomic E-state index is 0.0845. The second-order valence-electron chi connectivity index (χ2n) is 6.05. The zero-order valence-corrected chi connectivity index (χ0v) is 13.3. The standard InChI is InChI=1S/C16H24F2N2O/c1-6-16(3,4)19-15(21)10-20(5)11(2)12-7-8-13(17)14(18)9-12/h7-9,11H,6,10H2,1-5H3,(H,19,21). The van der Waals surface area contributed by atoms with Gasteiger partial charge in [0.15, 0.2) is 11.6 Å². The maximum atomic E-state index is 13.3. The van der Waals surface area contributed by atoms with Crippen LogP contribution in [0.2, 0.25) is 0 Å². The maximum Gasteiger partial charge on any atom is 0.234 e. The Morgan fingerprint density at radius 3 is 2.48 bits per heavy atom. The summed E-state index contributed by atoms with van der Waals surface area (Å²) in [6, 6.07) is 3.63. The first-order valence-electron chi connectivity index (χ1n) is 7.12. The molecule has 5 heteroatoms.